The van der Waals surface area contributed by atoms with Gasteiger partial charge in [-0.05, 0) is 18.1 Å². The Kier molecular flexibility index (Phi) is 5.90. The number of fused-ring (bicyclic) bond motifs is 1. The zero-order valence-corrected chi connectivity index (χ0v) is 16.2. The lowest BCUT2D eigenvalue weighted by Crippen LogP contribution is -2.46. The molecular weight excluding hydrogens is 384 g/mol. The van der Waals surface area contributed by atoms with E-state index in [1.54, 1.807) is 17.3 Å². The van der Waals surface area contributed by atoms with E-state index in [0.29, 0.717) is 22.9 Å². The molecule has 2 aromatic rings. The molecule has 0 fully saturated rings. The van der Waals surface area contributed by atoms with Gasteiger partial charge in [0.1, 0.15) is 6.04 Å². The summed E-state index contributed by atoms with van der Waals surface area (Å²) in [6.45, 7) is 0.599. The molecule has 1 aliphatic rings. The maximum absolute atomic E-state index is 12.4. The molecule has 3 N–H and O–H groups in total. The molecular formula is C18H20N4O5S. The summed E-state index contributed by atoms with van der Waals surface area (Å²) < 4.78 is 4.87. The SMILES string of the molecule is COCC(NC(=O)O)C(=O)Nc1nc(-c2ccc3c(c2)C(=O)N(C)CC3)cs1. The minimum absolute atomic E-state index is 0.0194. The third kappa shape index (κ3) is 4.29. The predicted octanol–water partition coefficient (Wildman–Crippen LogP) is 1.66. The number of anilines is 1. The molecule has 3 amide bonds. The highest BCUT2D eigenvalue weighted by Gasteiger charge is 2.23. The van der Waals surface area contributed by atoms with Crippen molar-refractivity contribution in [3.63, 3.8) is 0 Å². The van der Waals surface area contributed by atoms with Crippen LogP contribution in [0, 0.1) is 0 Å². The maximum atomic E-state index is 12.4. The van der Waals surface area contributed by atoms with Crippen LogP contribution in [0.3, 0.4) is 0 Å². The molecule has 0 saturated carbocycles. The number of likely N-dealkylation sites (N-methyl/N-ethyl adjacent to an activating group) is 1. The number of amides is 3. The number of carbonyl (C=O) groups is 3. The molecule has 0 spiro atoms. The van der Waals surface area contributed by atoms with Crippen LogP contribution in [0.5, 0.6) is 0 Å². The van der Waals surface area contributed by atoms with Crippen molar-refractivity contribution in [2.24, 2.45) is 0 Å². The number of thiazole rings is 1. The molecule has 0 bridgehead atoms. The average molecular weight is 404 g/mol. The first-order valence-electron chi connectivity index (χ1n) is 8.52. The van der Waals surface area contributed by atoms with Gasteiger partial charge in [-0.25, -0.2) is 9.78 Å². The Balaban J connectivity index is 1.76. The fraction of sp³-hybridized carbons (Fsp3) is 0.333. The van der Waals surface area contributed by atoms with Crippen LogP contribution in [0.2, 0.25) is 0 Å². The van der Waals surface area contributed by atoms with Crippen molar-refractivity contribution >= 4 is 34.4 Å². The molecule has 28 heavy (non-hydrogen) atoms. The number of benzene rings is 1. The van der Waals surface area contributed by atoms with Gasteiger partial charge < -0.3 is 25.4 Å². The summed E-state index contributed by atoms with van der Waals surface area (Å²) in [5, 5.41) is 15.6. The van der Waals surface area contributed by atoms with Gasteiger partial charge in [0.25, 0.3) is 11.8 Å². The molecule has 3 rings (SSSR count). The van der Waals surface area contributed by atoms with E-state index in [1.807, 2.05) is 18.2 Å². The monoisotopic (exact) mass is 404 g/mol. The number of ether oxygens (including phenoxy) is 1. The normalized spacial score (nSPS) is 14.4. The number of carboxylic acid groups (broad SMARTS) is 1. The van der Waals surface area contributed by atoms with Crippen LogP contribution in [-0.2, 0) is 16.0 Å². The third-order valence-electron chi connectivity index (χ3n) is 4.38. The first kappa shape index (κ1) is 19.8. The number of aromatic nitrogens is 1. The smallest absolute Gasteiger partial charge is 0.405 e. The number of methoxy groups -OCH3 is 1. The molecule has 1 atom stereocenters. The van der Waals surface area contributed by atoms with E-state index >= 15 is 0 Å². The molecule has 2 heterocycles. The van der Waals surface area contributed by atoms with Crippen molar-refractivity contribution in [3.8, 4) is 11.3 Å². The molecule has 1 aromatic carbocycles. The Bertz CT molecular complexity index is 913. The van der Waals surface area contributed by atoms with E-state index in [2.05, 4.69) is 15.6 Å². The second kappa shape index (κ2) is 8.36. The Labute approximate surface area is 165 Å². The Morgan fingerprint density at radius 1 is 1.43 bits per heavy atom. The van der Waals surface area contributed by atoms with Gasteiger partial charge in [0.2, 0.25) is 0 Å². The van der Waals surface area contributed by atoms with E-state index in [4.69, 9.17) is 9.84 Å². The van der Waals surface area contributed by atoms with Crippen molar-refractivity contribution in [2.45, 2.75) is 12.5 Å². The first-order valence-corrected chi connectivity index (χ1v) is 9.40. The van der Waals surface area contributed by atoms with Gasteiger partial charge >= 0.3 is 6.09 Å². The molecule has 10 heteroatoms. The Morgan fingerprint density at radius 3 is 2.93 bits per heavy atom. The Hall–Kier alpha value is -2.98. The second-order valence-electron chi connectivity index (χ2n) is 6.33. The van der Waals surface area contributed by atoms with Crippen LogP contribution in [0.25, 0.3) is 11.3 Å². The summed E-state index contributed by atoms with van der Waals surface area (Å²) in [4.78, 5) is 41.5. The van der Waals surface area contributed by atoms with Crippen molar-refractivity contribution in [1.82, 2.24) is 15.2 Å². The standard InChI is InChI=1S/C18H20N4O5S/c1-22-6-5-10-3-4-11(7-12(10)16(22)24)14-9-28-17(19-14)21-15(23)13(8-27-2)20-18(25)26/h3-4,7,9,13,20H,5-6,8H2,1-2H3,(H,25,26)(H,19,21,23). The predicted molar refractivity (Wildman–Crippen MR) is 104 cm³/mol. The zero-order chi connectivity index (χ0) is 20.3. The summed E-state index contributed by atoms with van der Waals surface area (Å²) in [6.07, 6.45) is -0.506. The quantitative estimate of drug-likeness (QED) is 0.673. The van der Waals surface area contributed by atoms with Gasteiger partial charge in [-0.1, -0.05) is 12.1 Å². The van der Waals surface area contributed by atoms with Gasteiger partial charge in [0, 0.05) is 37.2 Å². The van der Waals surface area contributed by atoms with Gasteiger partial charge in [-0.3, -0.25) is 9.59 Å². The van der Waals surface area contributed by atoms with Gasteiger partial charge in [-0.2, -0.15) is 0 Å². The molecule has 0 saturated heterocycles. The Morgan fingerprint density at radius 2 is 2.21 bits per heavy atom. The second-order valence-corrected chi connectivity index (χ2v) is 7.19. The number of carbonyl (C=O) groups excluding carboxylic acids is 2. The number of nitrogens with zero attached hydrogens (tertiary/aromatic N) is 2. The lowest BCUT2D eigenvalue weighted by Gasteiger charge is -2.25. The summed E-state index contributed by atoms with van der Waals surface area (Å²) in [6, 6.07) is 4.59. The number of nitrogens with one attached hydrogen (secondary N) is 2. The largest absolute Gasteiger partial charge is 0.465 e. The molecule has 0 aliphatic carbocycles. The van der Waals surface area contributed by atoms with Gasteiger partial charge in [0.15, 0.2) is 5.13 Å². The molecule has 1 unspecified atom stereocenters. The highest BCUT2D eigenvalue weighted by Crippen LogP contribution is 2.28. The molecule has 1 aromatic heterocycles. The minimum atomic E-state index is -1.32. The fourth-order valence-corrected chi connectivity index (χ4v) is 3.63. The van der Waals surface area contributed by atoms with Crippen molar-refractivity contribution < 1.29 is 24.2 Å². The van der Waals surface area contributed by atoms with Crippen molar-refractivity contribution in [3.05, 3.63) is 34.7 Å². The van der Waals surface area contributed by atoms with E-state index < -0.39 is 18.0 Å². The van der Waals surface area contributed by atoms with E-state index in [1.165, 1.54) is 18.4 Å². The summed E-state index contributed by atoms with van der Waals surface area (Å²) in [5.74, 6) is -0.582. The molecule has 9 nitrogen and oxygen atoms in total. The van der Waals surface area contributed by atoms with Crippen LogP contribution in [-0.4, -0.2) is 66.2 Å². The molecule has 0 radical (unpaired) electrons. The number of hydrogen-bond donors (Lipinski definition) is 3. The summed E-state index contributed by atoms with van der Waals surface area (Å²) in [7, 11) is 3.15. The van der Waals surface area contributed by atoms with Crippen LogP contribution in [0.15, 0.2) is 23.6 Å². The van der Waals surface area contributed by atoms with Gasteiger partial charge in [0.05, 0.1) is 12.3 Å². The molecule has 148 valence electrons. The van der Waals surface area contributed by atoms with Crippen LogP contribution < -0.4 is 10.6 Å². The zero-order valence-electron chi connectivity index (χ0n) is 15.4. The van der Waals surface area contributed by atoms with E-state index in [0.717, 1.165) is 17.5 Å². The lowest BCUT2D eigenvalue weighted by molar-refractivity contribution is -0.119. The van der Waals surface area contributed by atoms with Crippen LogP contribution in [0.1, 0.15) is 15.9 Å². The van der Waals surface area contributed by atoms with Crippen molar-refractivity contribution in [2.75, 3.05) is 32.6 Å². The first-order chi connectivity index (χ1) is 13.4. The molecule has 1 aliphatic heterocycles. The number of rotatable bonds is 6. The van der Waals surface area contributed by atoms with Crippen molar-refractivity contribution in [1.29, 1.82) is 0 Å². The summed E-state index contributed by atoms with van der Waals surface area (Å²) >= 11 is 1.21. The van der Waals surface area contributed by atoms with Gasteiger partial charge in [-0.15, -0.1) is 11.3 Å². The minimum Gasteiger partial charge on any atom is -0.465 e. The fourth-order valence-electron chi connectivity index (χ4n) is 2.90. The number of hydrogen-bond acceptors (Lipinski definition) is 6. The van der Waals surface area contributed by atoms with Crippen LogP contribution >= 0.6 is 11.3 Å². The highest BCUT2D eigenvalue weighted by molar-refractivity contribution is 7.14. The maximum Gasteiger partial charge on any atom is 0.405 e. The third-order valence-corrected chi connectivity index (χ3v) is 5.14. The topological polar surface area (TPSA) is 121 Å². The van der Waals surface area contributed by atoms with Crippen LogP contribution in [0.4, 0.5) is 9.93 Å². The lowest BCUT2D eigenvalue weighted by atomic mass is 9.96. The summed E-state index contributed by atoms with van der Waals surface area (Å²) in [5.41, 5.74) is 3.07. The highest BCUT2D eigenvalue weighted by atomic mass is 32.1. The average Bonchev–Trinajstić information content (AvgIpc) is 3.12. The van der Waals surface area contributed by atoms with E-state index in [9.17, 15) is 14.4 Å². The van der Waals surface area contributed by atoms with E-state index in [-0.39, 0.29) is 12.5 Å².